The van der Waals surface area contributed by atoms with Crippen molar-refractivity contribution in [1.82, 2.24) is 14.8 Å². The van der Waals surface area contributed by atoms with Crippen LogP contribution in [0.25, 0.3) is 5.69 Å². The van der Waals surface area contributed by atoms with E-state index in [-0.39, 0.29) is 5.78 Å². The number of carbonyl (C=O) groups is 1. The van der Waals surface area contributed by atoms with Crippen molar-refractivity contribution in [3.8, 4) is 5.69 Å². The zero-order valence-electron chi connectivity index (χ0n) is 15.6. The summed E-state index contributed by atoms with van der Waals surface area (Å²) < 4.78 is 1.94. The number of hydrogen-bond acceptors (Lipinski definition) is 4. The molecular formula is C21H23N3OS. The lowest BCUT2D eigenvalue weighted by molar-refractivity contribution is 0.102. The summed E-state index contributed by atoms with van der Waals surface area (Å²) in [6.07, 6.45) is 1.70. The maximum absolute atomic E-state index is 12.5. The van der Waals surface area contributed by atoms with Crippen molar-refractivity contribution >= 4 is 17.5 Å². The van der Waals surface area contributed by atoms with E-state index in [4.69, 9.17) is 0 Å². The van der Waals surface area contributed by atoms with Gasteiger partial charge in [0.2, 0.25) is 0 Å². The zero-order chi connectivity index (χ0) is 18.7. The van der Waals surface area contributed by atoms with E-state index in [9.17, 15) is 4.79 Å². The van der Waals surface area contributed by atoms with Crippen molar-refractivity contribution in [2.75, 3.05) is 5.75 Å². The Kier molecular flexibility index (Phi) is 5.57. The van der Waals surface area contributed by atoms with Gasteiger partial charge in [-0.05, 0) is 37.0 Å². The highest BCUT2D eigenvalue weighted by Crippen LogP contribution is 2.23. The molecule has 26 heavy (non-hydrogen) atoms. The molecule has 4 nitrogen and oxygen atoms in total. The number of aromatic nitrogens is 3. The number of ketones is 1. The Hall–Kier alpha value is -2.40. The molecule has 0 saturated carbocycles. The summed E-state index contributed by atoms with van der Waals surface area (Å²) in [6.45, 7) is 8.43. The predicted octanol–water partition coefficient (Wildman–Crippen LogP) is 4.98. The van der Waals surface area contributed by atoms with Gasteiger partial charge in [0.05, 0.1) is 11.4 Å². The van der Waals surface area contributed by atoms with Gasteiger partial charge in [-0.15, -0.1) is 10.2 Å². The molecule has 1 heterocycles. The van der Waals surface area contributed by atoms with Crippen LogP contribution in [0, 0.1) is 13.8 Å². The summed E-state index contributed by atoms with van der Waals surface area (Å²) in [7, 11) is 0. The van der Waals surface area contributed by atoms with Crippen molar-refractivity contribution in [2.24, 2.45) is 0 Å². The molecule has 3 rings (SSSR count). The Morgan fingerprint density at radius 3 is 2.50 bits per heavy atom. The second-order valence-corrected chi connectivity index (χ2v) is 7.70. The van der Waals surface area contributed by atoms with E-state index in [1.807, 2.05) is 28.8 Å². The van der Waals surface area contributed by atoms with E-state index >= 15 is 0 Å². The van der Waals surface area contributed by atoms with Gasteiger partial charge in [0.15, 0.2) is 10.9 Å². The van der Waals surface area contributed by atoms with Crippen LogP contribution in [0.15, 0.2) is 53.9 Å². The van der Waals surface area contributed by atoms with Crippen molar-refractivity contribution in [1.29, 1.82) is 0 Å². The van der Waals surface area contributed by atoms with Gasteiger partial charge in [-0.2, -0.15) is 0 Å². The summed E-state index contributed by atoms with van der Waals surface area (Å²) in [4.78, 5) is 12.5. The first-order chi connectivity index (χ1) is 12.5. The SMILES string of the molecule is Cc1ccc(-n2cnnc2SCC(=O)c2ccc(C(C)C)cc2)c(C)c1. The molecule has 0 fully saturated rings. The Morgan fingerprint density at radius 2 is 1.85 bits per heavy atom. The molecule has 0 saturated heterocycles. The Bertz CT molecular complexity index is 913. The Labute approximate surface area is 158 Å². The minimum atomic E-state index is 0.0977. The van der Waals surface area contributed by atoms with Gasteiger partial charge in [0, 0.05) is 5.56 Å². The minimum Gasteiger partial charge on any atom is -0.293 e. The van der Waals surface area contributed by atoms with E-state index in [1.165, 1.54) is 22.9 Å². The van der Waals surface area contributed by atoms with E-state index in [0.29, 0.717) is 11.7 Å². The maximum Gasteiger partial charge on any atom is 0.196 e. The van der Waals surface area contributed by atoms with Gasteiger partial charge < -0.3 is 0 Å². The highest BCUT2D eigenvalue weighted by molar-refractivity contribution is 7.99. The van der Waals surface area contributed by atoms with E-state index in [2.05, 4.69) is 56.1 Å². The van der Waals surface area contributed by atoms with Gasteiger partial charge in [-0.1, -0.05) is 67.6 Å². The van der Waals surface area contributed by atoms with Crippen molar-refractivity contribution in [3.05, 3.63) is 71.0 Å². The largest absolute Gasteiger partial charge is 0.293 e. The fourth-order valence-electron chi connectivity index (χ4n) is 2.83. The molecule has 0 N–H and O–H groups in total. The third-order valence-electron chi connectivity index (χ3n) is 4.36. The number of aryl methyl sites for hydroxylation is 2. The van der Waals surface area contributed by atoms with Crippen LogP contribution in [0.4, 0.5) is 0 Å². The fourth-order valence-corrected chi connectivity index (χ4v) is 3.65. The third kappa shape index (κ3) is 4.05. The first-order valence-electron chi connectivity index (χ1n) is 8.69. The summed E-state index contributed by atoms with van der Waals surface area (Å²) in [5, 5.41) is 8.93. The number of hydrogen-bond donors (Lipinski definition) is 0. The number of carbonyl (C=O) groups excluding carboxylic acids is 1. The lowest BCUT2D eigenvalue weighted by Crippen LogP contribution is -2.05. The summed E-state index contributed by atoms with van der Waals surface area (Å²) in [6, 6.07) is 14.1. The Morgan fingerprint density at radius 1 is 1.12 bits per heavy atom. The summed E-state index contributed by atoms with van der Waals surface area (Å²) in [5.41, 5.74) is 5.39. The molecule has 0 aliphatic heterocycles. The number of Topliss-reactive ketones (excluding diaryl/α,β-unsaturated/α-hetero) is 1. The van der Waals surface area contributed by atoms with Crippen LogP contribution in [-0.4, -0.2) is 26.3 Å². The summed E-state index contributed by atoms with van der Waals surface area (Å²) >= 11 is 1.41. The van der Waals surface area contributed by atoms with E-state index < -0.39 is 0 Å². The molecular weight excluding hydrogens is 342 g/mol. The van der Waals surface area contributed by atoms with Crippen LogP contribution in [0.5, 0.6) is 0 Å². The molecule has 0 radical (unpaired) electrons. The normalized spacial score (nSPS) is 11.1. The van der Waals surface area contributed by atoms with Crippen LogP contribution < -0.4 is 0 Å². The van der Waals surface area contributed by atoms with Gasteiger partial charge in [0.1, 0.15) is 6.33 Å². The lowest BCUT2D eigenvalue weighted by Gasteiger charge is -2.10. The monoisotopic (exact) mass is 365 g/mol. The topological polar surface area (TPSA) is 47.8 Å². The molecule has 0 aliphatic carbocycles. The average molecular weight is 366 g/mol. The zero-order valence-corrected chi connectivity index (χ0v) is 16.4. The first kappa shape index (κ1) is 18.4. The number of nitrogens with zero attached hydrogens (tertiary/aromatic N) is 3. The fraction of sp³-hybridized carbons (Fsp3) is 0.286. The highest BCUT2D eigenvalue weighted by atomic mass is 32.2. The lowest BCUT2D eigenvalue weighted by atomic mass is 10.0. The molecule has 134 valence electrons. The molecule has 2 aromatic carbocycles. The van der Waals surface area contributed by atoms with Gasteiger partial charge in [-0.25, -0.2) is 0 Å². The molecule has 0 spiro atoms. The standard InChI is InChI=1S/C21H23N3OS/c1-14(2)17-6-8-18(9-7-17)20(25)12-26-21-23-22-13-24(21)19-10-5-15(3)11-16(19)4/h5-11,13-14H,12H2,1-4H3. The van der Waals surface area contributed by atoms with Crippen LogP contribution in [0.1, 0.15) is 46.8 Å². The minimum absolute atomic E-state index is 0.0977. The third-order valence-corrected chi connectivity index (χ3v) is 5.30. The molecule has 5 heteroatoms. The molecule has 0 unspecified atom stereocenters. The van der Waals surface area contributed by atoms with E-state index in [0.717, 1.165) is 22.0 Å². The van der Waals surface area contributed by atoms with Crippen LogP contribution >= 0.6 is 11.8 Å². The second-order valence-electron chi connectivity index (χ2n) is 6.76. The van der Waals surface area contributed by atoms with Gasteiger partial charge in [-0.3, -0.25) is 9.36 Å². The molecule has 3 aromatic rings. The smallest absolute Gasteiger partial charge is 0.196 e. The number of benzene rings is 2. The Balaban J connectivity index is 1.72. The van der Waals surface area contributed by atoms with Crippen LogP contribution in [0.2, 0.25) is 0 Å². The van der Waals surface area contributed by atoms with Gasteiger partial charge >= 0.3 is 0 Å². The number of rotatable bonds is 6. The average Bonchev–Trinajstić information content (AvgIpc) is 3.08. The van der Waals surface area contributed by atoms with Crippen molar-refractivity contribution in [2.45, 2.75) is 38.8 Å². The van der Waals surface area contributed by atoms with E-state index in [1.54, 1.807) is 6.33 Å². The van der Waals surface area contributed by atoms with Crippen LogP contribution in [-0.2, 0) is 0 Å². The second kappa shape index (κ2) is 7.87. The molecule has 1 aromatic heterocycles. The molecule has 0 aliphatic rings. The predicted molar refractivity (Wildman–Crippen MR) is 106 cm³/mol. The number of thioether (sulfide) groups is 1. The molecule has 0 bridgehead atoms. The summed E-state index contributed by atoms with van der Waals surface area (Å²) in [5.74, 6) is 0.898. The maximum atomic E-state index is 12.5. The molecule has 0 atom stereocenters. The molecule has 0 amide bonds. The quantitative estimate of drug-likeness (QED) is 0.456. The highest BCUT2D eigenvalue weighted by Gasteiger charge is 2.13. The van der Waals surface area contributed by atoms with Crippen molar-refractivity contribution < 1.29 is 4.79 Å². The first-order valence-corrected chi connectivity index (χ1v) is 9.68. The van der Waals surface area contributed by atoms with Crippen LogP contribution in [0.3, 0.4) is 0 Å². The van der Waals surface area contributed by atoms with Crippen molar-refractivity contribution in [3.63, 3.8) is 0 Å². The van der Waals surface area contributed by atoms with Gasteiger partial charge in [0.25, 0.3) is 0 Å².